The molecule has 1 unspecified atom stereocenters. The summed E-state index contributed by atoms with van der Waals surface area (Å²) in [6.07, 6.45) is 1.65. The van der Waals surface area contributed by atoms with Crippen LogP contribution in [0.1, 0.15) is 18.9 Å². The van der Waals surface area contributed by atoms with Crippen LogP contribution < -0.4 is 21.7 Å². The molecule has 0 bridgehead atoms. The number of nitrogens with one attached hydrogen (secondary N) is 3. The summed E-state index contributed by atoms with van der Waals surface area (Å²) >= 11 is 0. The summed E-state index contributed by atoms with van der Waals surface area (Å²) in [5.74, 6) is -0.408. The molecule has 0 radical (unpaired) electrons. The van der Waals surface area contributed by atoms with Crippen molar-refractivity contribution < 1.29 is 9.59 Å². The molecule has 0 aliphatic carbocycles. The third-order valence-electron chi connectivity index (χ3n) is 3.41. The van der Waals surface area contributed by atoms with Gasteiger partial charge in [-0.05, 0) is 25.3 Å². The van der Waals surface area contributed by atoms with Gasteiger partial charge in [-0.25, -0.2) is 4.79 Å². The van der Waals surface area contributed by atoms with Crippen molar-refractivity contribution in [3.05, 3.63) is 59.6 Å². The van der Waals surface area contributed by atoms with Crippen LogP contribution in [-0.2, 0) is 11.2 Å². The molecule has 6 heteroatoms. The number of carbonyl (C=O) groups is 2. The van der Waals surface area contributed by atoms with Crippen molar-refractivity contribution >= 4 is 11.9 Å². The summed E-state index contributed by atoms with van der Waals surface area (Å²) in [6.45, 7) is 5.51. The molecule has 1 atom stereocenters. The molecule has 1 aromatic rings. The summed E-state index contributed by atoms with van der Waals surface area (Å²) in [4.78, 5) is 23.6. The Morgan fingerprint density at radius 2 is 2.00 bits per heavy atom. The Hall–Kier alpha value is -2.76. The summed E-state index contributed by atoms with van der Waals surface area (Å²) < 4.78 is 0. The molecule has 22 heavy (non-hydrogen) atoms. The van der Waals surface area contributed by atoms with E-state index in [1.807, 2.05) is 37.3 Å². The average Bonchev–Trinajstić information content (AvgIpc) is 2.49. The number of aryl methyl sites for hydroxylation is 1. The minimum Gasteiger partial charge on any atom is -0.395 e. The number of nitrogens with two attached hydrogens (primary N) is 1. The monoisotopic (exact) mass is 300 g/mol. The standard InChI is InChI=1S/C16H20N4O2/c1-10(8-9-12-6-4-3-5-7-12)18-15(21)14-13(17)11(2)19-16(22)20-14/h3-7,10H,2,8-9,17H2,1H3,(H,18,21)(H2,19,20,22). The van der Waals surface area contributed by atoms with Crippen LogP contribution in [0.25, 0.3) is 0 Å². The van der Waals surface area contributed by atoms with E-state index in [9.17, 15) is 9.59 Å². The molecule has 2 rings (SSSR count). The Morgan fingerprint density at radius 3 is 2.68 bits per heavy atom. The van der Waals surface area contributed by atoms with Gasteiger partial charge in [0.05, 0.1) is 11.4 Å². The van der Waals surface area contributed by atoms with Crippen molar-refractivity contribution in [2.45, 2.75) is 25.8 Å². The van der Waals surface area contributed by atoms with Gasteiger partial charge in [0.15, 0.2) is 0 Å². The fourth-order valence-corrected chi connectivity index (χ4v) is 2.14. The van der Waals surface area contributed by atoms with E-state index in [1.54, 1.807) is 0 Å². The highest BCUT2D eigenvalue weighted by molar-refractivity contribution is 6.00. The summed E-state index contributed by atoms with van der Waals surface area (Å²) in [5, 5.41) is 7.64. The van der Waals surface area contributed by atoms with Crippen LogP contribution in [-0.4, -0.2) is 18.0 Å². The molecule has 0 saturated carbocycles. The Morgan fingerprint density at radius 1 is 1.32 bits per heavy atom. The SMILES string of the molecule is C=C1NC(=O)NC(C(=O)NC(C)CCc2ccccc2)=C1N. The maximum atomic E-state index is 12.2. The highest BCUT2D eigenvalue weighted by Crippen LogP contribution is 2.10. The average molecular weight is 300 g/mol. The highest BCUT2D eigenvalue weighted by atomic mass is 16.2. The third-order valence-corrected chi connectivity index (χ3v) is 3.41. The van der Waals surface area contributed by atoms with Crippen LogP contribution in [0.4, 0.5) is 4.79 Å². The Labute approximate surface area is 129 Å². The summed E-state index contributed by atoms with van der Waals surface area (Å²) in [6, 6.07) is 9.48. The van der Waals surface area contributed by atoms with E-state index < -0.39 is 11.9 Å². The van der Waals surface area contributed by atoms with Gasteiger partial charge in [-0.15, -0.1) is 0 Å². The smallest absolute Gasteiger partial charge is 0.323 e. The van der Waals surface area contributed by atoms with E-state index >= 15 is 0 Å². The molecule has 1 heterocycles. The van der Waals surface area contributed by atoms with Gasteiger partial charge in [-0.2, -0.15) is 0 Å². The molecule has 0 aromatic heterocycles. The zero-order valence-electron chi connectivity index (χ0n) is 12.5. The first-order chi connectivity index (χ1) is 10.5. The van der Waals surface area contributed by atoms with Crippen molar-refractivity contribution in [2.75, 3.05) is 0 Å². The van der Waals surface area contributed by atoms with E-state index in [1.165, 1.54) is 5.56 Å². The lowest BCUT2D eigenvalue weighted by Gasteiger charge is -2.22. The van der Waals surface area contributed by atoms with Gasteiger partial charge in [0.2, 0.25) is 0 Å². The zero-order chi connectivity index (χ0) is 16.1. The van der Waals surface area contributed by atoms with Gasteiger partial charge in [-0.3, -0.25) is 4.79 Å². The summed E-state index contributed by atoms with van der Waals surface area (Å²) in [5.41, 5.74) is 7.40. The number of benzene rings is 1. The van der Waals surface area contributed by atoms with E-state index in [0.29, 0.717) is 0 Å². The predicted molar refractivity (Wildman–Crippen MR) is 84.4 cm³/mol. The molecular formula is C16H20N4O2. The topological polar surface area (TPSA) is 96.2 Å². The van der Waals surface area contributed by atoms with Gasteiger partial charge in [0.25, 0.3) is 5.91 Å². The van der Waals surface area contributed by atoms with Gasteiger partial charge in [0.1, 0.15) is 5.70 Å². The molecule has 0 saturated heterocycles. The largest absolute Gasteiger partial charge is 0.395 e. The normalized spacial score (nSPS) is 15.9. The van der Waals surface area contributed by atoms with Crippen LogP contribution in [0.3, 0.4) is 0 Å². The van der Waals surface area contributed by atoms with Crippen LogP contribution in [0.5, 0.6) is 0 Å². The second-order valence-electron chi connectivity index (χ2n) is 5.25. The second-order valence-corrected chi connectivity index (χ2v) is 5.25. The predicted octanol–water partition coefficient (Wildman–Crippen LogP) is 1.12. The zero-order valence-corrected chi connectivity index (χ0v) is 12.5. The Bertz CT molecular complexity index is 622. The molecule has 5 N–H and O–H groups in total. The summed E-state index contributed by atoms with van der Waals surface area (Å²) in [7, 11) is 0. The number of rotatable bonds is 5. The van der Waals surface area contributed by atoms with Crippen LogP contribution >= 0.6 is 0 Å². The lowest BCUT2D eigenvalue weighted by molar-refractivity contribution is -0.118. The van der Waals surface area contributed by atoms with Gasteiger partial charge in [-0.1, -0.05) is 36.9 Å². The van der Waals surface area contributed by atoms with Crippen molar-refractivity contribution in [1.82, 2.24) is 16.0 Å². The van der Waals surface area contributed by atoms with E-state index in [4.69, 9.17) is 5.73 Å². The molecule has 6 nitrogen and oxygen atoms in total. The van der Waals surface area contributed by atoms with Gasteiger partial charge < -0.3 is 21.7 Å². The fraction of sp³-hybridized carbons (Fsp3) is 0.250. The number of hydrogen-bond acceptors (Lipinski definition) is 3. The number of carbonyl (C=O) groups excluding carboxylic acids is 2. The molecule has 1 aliphatic rings. The Balaban J connectivity index is 1.92. The quantitative estimate of drug-likeness (QED) is 0.656. The number of hydrogen-bond donors (Lipinski definition) is 4. The third kappa shape index (κ3) is 3.88. The highest BCUT2D eigenvalue weighted by Gasteiger charge is 2.24. The number of urea groups is 1. The van der Waals surface area contributed by atoms with Crippen molar-refractivity contribution in [2.24, 2.45) is 5.73 Å². The second kappa shape index (κ2) is 6.80. The van der Waals surface area contributed by atoms with E-state index in [-0.39, 0.29) is 23.1 Å². The molecule has 1 aliphatic heterocycles. The lowest BCUT2D eigenvalue weighted by Crippen LogP contribution is -2.48. The first-order valence-electron chi connectivity index (χ1n) is 7.09. The van der Waals surface area contributed by atoms with Crippen LogP contribution in [0, 0.1) is 0 Å². The molecule has 0 fully saturated rings. The fourth-order valence-electron chi connectivity index (χ4n) is 2.14. The molecule has 0 spiro atoms. The van der Waals surface area contributed by atoms with Crippen LogP contribution in [0.15, 0.2) is 54.0 Å². The maximum absolute atomic E-state index is 12.2. The van der Waals surface area contributed by atoms with E-state index in [2.05, 4.69) is 22.5 Å². The molecule has 3 amide bonds. The van der Waals surface area contributed by atoms with Crippen molar-refractivity contribution in [3.8, 4) is 0 Å². The Kier molecular flexibility index (Phi) is 4.83. The maximum Gasteiger partial charge on any atom is 0.323 e. The first kappa shape index (κ1) is 15.6. The van der Waals surface area contributed by atoms with E-state index in [0.717, 1.165) is 12.8 Å². The van der Waals surface area contributed by atoms with Crippen LogP contribution in [0.2, 0.25) is 0 Å². The first-order valence-corrected chi connectivity index (χ1v) is 7.09. The van der Waals surface area contributed by atoms with Crippen molar-refractivity contribution in [3.63, 3.8) is 0 Å². The lowest BCUT2D eigenvalue weighted by atomic mass is 10.1. The minimum absolute atomic E-state index is 0.0420. The van der Waals surface area contributed by atoms with Gasteiger partial charge in [0, 0.05) is 6.04 Å². The molecule has 116 valence electrons. The number of amides is 3. The molecule has 1 aromatic carbocycles. The minimum atomic E-state index is -0.513. The molecular weight excluding hydrogens is 280 g/mol. The van der Waals surface area contributed by atoms with Crippen molar-refractivity contribution in [1.29, 1.82) is 0 Å². The van der Waals surface area contributed by atoms with Gasteiger partial charge >= 0.3 is 6.03 Å².